The Bertz CT molecular complexity index is 627. The monoisotopic (exact) mass is 342 g/mol. The van der Waals surface area contributed by atoms with Gasteiger partial charge in [-0.05, 0) is 25.0 Å². The highest BCUT2D eigenvalue weighted by Crippen LogP contribution is 2.26. The van der Waals surface area contributed by atoms with Crippen molar-refractivity contribution in [1.82, 2.24) is 0 Å². The molecule has 0 aromatic heterocycles. The summed E-state index contributed by atoms with van der Waals surface area (Å²) in [6.07, 6.45) is -0.305. The molecule has 2 atom stereocenters. The summed E-state index contributed by atoms with van der Waals surface area (Å²) >= 11 is 0. The molecule has 0 N–H and O–H groups in total. The molecule has 0 saturated carbocycles. The van der Waals surface area contributed by atoms with Gasteiger partial charge in [-0.3, -0.25) is 0 Å². The third-order valence-electron chi connectivity index (χ3n) is 4.15. The summed E-state index contributed by atoms with van der Waals surface area (Å²) in [4.78, 5) is 0. The first-order chi connectivity index (χ1) is 12.1. The van der Waals surface area contributed by atoms with E-state index in [4.69, 9.17) is 18.9 Å². The van der Waals surface area contributed by atoms with Crippen molar-refractivity contribution in [3.05, 3.63) is 71.8 Å². The van der Waals surface area contributed by atoms with E-state index in [0.717, 1.165) is 11.1 Å². The molecule has 4 heteroatoms. The number of benzene rings is 2. The van der Waals surface area contributed by atoms with Crippen molar-refractivity contribution >= 4 is 0 Å². The van der Waals surface area contributed by atoms with Crippen LogP contribution in [0.3, 0.4) is 0 Å². The zero-order valence-corrected chi connectivity index (χ0v) is 14.9. The molecule has 2 aromatic carbocycles. The first-order valence-electron chi connectivity index (χ1n) is 8.71. The molecule has 134 valence electrons. The number of ether oxygens (including phenoxy) is 4. The number of rotatable bonds is 8. The van der Waals surface area contributed by atoms with E-state index in [1.165, 1.54) is 0 Å². The average molecular weight is 342 g/mol. The van der Waals surface area contributed by atoms with E-state index in [1.54, 1.807) is 0 Å². The molecule has 0 bridgehead atoms. The minimum Gasteiger partial charge on any atom is -0.374 e. The molecular formula is C21H26O4. The van der Waals surface area contributed by atoms with E-state index in [2.05, 4.69) is 24.3 Å². The second-order valence-corrected chi connectivity index (χ2v) is 6.70. The minimum atomic E-state index is -0.571. The molecule has 2 aromatic rings. The van der Waals surface area contributed by atoms with Crippen LogP contribution in [-0.2, 0) is 32.2 Å². The molecule has 1 aliphatic rings. The van der Waals surface area contributed by atoms with Crippen LogP contribution in [0, 0.1) is 0 Å². The Morgan fingerprint density at radius 1 is 0.960 bits per heavy atom. The van der Waals surface area contributed by atoms with Crippen LogP contribution in [0.15, 0.2) is 60.7 Å². The van der Waals surface area contributed by atoms with Crippen LogP contribution in [-0.4, -0.2) is 31.2 Å². The maximum absolute atomic E-state index is 6.11. The zero-order valence-electron chi connectivity index (χ0n) is 14.9. The van der Waals surface area contributed by atoms with Crippen LogP contribution < -0.4 is 0 Å². The van der Waals surface area contributed by atoms with Gasteiger partial charge in [0.15, 0.2) is 5.79 Å². The first kappa shape index (κ1) is 18.1. The normalized spacial score (nSPS) is 20.5. The van der Waals surface area contributed by atoms with E-state index >= 15 is 0 Å². The van der Waals surface area contributed by atoms with Gasteiger partial charge >= 0.3 is 0 Å². The van der Waals surface area contributed by atoms with Crippen LogP contribution in [0.25, 0.3) is 0 Å². The topological polar surface area (TPSA) is 36.9 Å². The van der Waals surface area contributed by atoms with Gasteiger partial charge in [-0.1, -0.05) is 60.7 Å². The second-order valence-electron chi connectivity index (χ2n) is 6.70. The molecule has 1 fully saturated rings. The molecule has 1 aliphatic heterocycles. The fourth-order valence-corrected chi connectivity index (χ4v) is 2.81. The van der Waals surface area contributed by atoms with E-state index in [1.807, 2.05) is 50.2 Å². The van der Waals surface area contributed by atoms with Crippen molar-refractivity contribution in [3.63, 3.8) is 0 Å². The van der Waals surface area contributed by atoms with Crippen molar-refractivity contribution in [2.75, 3.05) is 13.2 Å². The second kappa shape index (κ2) is 8.59. The minimum absolute atomic E-state index is 0.130. The lowest BCUT2D eigenvalue weighted by atomic mass is 10.2. The summed E-state index contributed by atoms with van der Waals surface area (Å²) in [5.41, 5.74) is 2.28. The van der Waals surface area contributed by atoms with Gasteiger partial charge in [0.1, 0.15) is 12.2 Å². The van der Waals surface area contributed by atoms with E-state index in [-0.39, 0.29) is 12.2 Å². The molecule has 25 heavy (non-hydrogen) atoms. The highest BCUT2D eigenvalue weighted by molar-refractivity contribution is 5.14. The van der Waals surface area contributed by atoms with Crippen molar-refractivity contribution in [1.29, 1.82) is 0 Å². The van der Waals surface area contributed by atoms with Crippen molar-refractivity contribution in [2.45, 2.75) is 45.1 Å². The first-order valence-corrected chi connectivity index (χ1v) is 8.71. The third-order valence-corrected chi connectivity index (χ3v) is 4.15. The van der Waals surface area contributed by atoms with Gasteiger partial charge in [0.05, 0.1) is 26.4 Å². The van der Waals surface area contributed by atoms with Crippen molar-refractivity contribution in [3.8, 4) is 0 Å². The Morgan fingerprint density at radius 3 is 2.12 bits per heavy atom. The van der Waals surface area contributed by atoms with Crippen LogP contribution in [0.2, 0.25) is 0 Å². The Morgan fingerprint density at radius 2 is 1.56 bits per heavy atom. The van der Waals surface area contributed by atoms with E-state index in [9.17, 15) is 0 Å². The van der Waals surface area contributed by atoms with Gasteiger partial charge in [-0.15, -0.1) is 0 Å². The Labute approximate surface area is 149 Å². The van der Waals surface area contributed by atoms with E-state index < -0.39 is 5.79 Å². The number of hydrogen-bond acceptors (Lipinski definition) is 4. The van der Waals surface area contributed by atoms with Gasteiger partial charge in [0.25, 0.3) is 0 Å². The van der Waals surface area contributed by atoms with Gasteiger partial charge in [-0.2, -0.15) is 0 Å². The summed E-state index contributed by atoms with van der Waals surface area (Å²) in [5.74, 6) is -0.571. The lowest BCUT2D eigenvalue weighted by molar-refractivity contribution is -0.165. The lowest BCUT2D eigenvalue weighted by Gasteiger charge is -2.24. The zero-order chi connectivity index (χ0) is 17.5. The van der Waals surface area contributed by atoms with Crippen LogP contribution in [0.4, 0.5) is 0 Å². The van der Waals surface area contributed by atoms with Gasteiger partial charge < -0.3 is 18.9 Å². The molecule has 3 rings (SSSR count). The average Bonchev–Trinajstić information content (AvgIpc) is 2.99. The standard InChI is InChI=1S/C21H26O4/c1-21(2)24-16-20(25-21)19(23-14-18-11-7-4-8-12-18)15-22-13-17-9-5-3-6-10-17/h3-12,19-20H,13-16H2,1-2H3/t19?,20-/m1/s1. The van der Waals surface area contributed by atoms with Crippen LogP contribution in [0.5, 0.6) is 0 Å². The van der Waals surface area contributed by atoms with Gasteiger partial charge in [-0.25, -0.2) is 0 Å². The summed E-state index contributed by atoms with van der Waals surface area (Å²) in [6, 6.07) is 20.3. The van der Waals surface area contributed by atoms with Gasteiger partial charge in [0, 0.05) is 0 Å². The van der Waals surface area contributed by atoms with Gasteiger partial charge in [0.2, 0.25) is 0 Å². The fourth-order valence-electron chi connectivity index (χ4n) is 2.81. The summed E-state index contributed by atoms with van der Waals surface area (Å²) in [7, 11) is 0. The molecule has 1 unspecified atom stereocenters. The smallest absolute Gasteiger partial charge is 0.163 e. The maximum Gasteiger partial charge on any atom is 0.163 e. The Hall–Kier alpha value is -1.72. The Kier molecular flexibility index (Phi) is 6.21. The van der Waals surface area contributed by atoms with Crippen molar-refractivity contribution in [2.24, 2.45) is 0 Å². The maximum atomic E-state index is 6.11. The molecule has 1 saturated heterocycles. The largest absolute Gasteiger partial charge is 0.374 e. The SMILES string of the molecule is CC1(C)OC[C@H](C(COCc2ccccc2)OCc2ccccc2)O1. The highest BCUT2D eigenvalue weighted by atomic mass is 16.7. The van der Waals surface area contributed by atoms with Crippen LogP contribution in [0.1, 0.15) is 25.0 Å². The molecule has 0 radical (unpaired) electrons. The Balaban J connectivity index is 1.56. The summed E-state index contributed by atoms with van der Waals surface area (Å²) in [6.45, 7) is 5.91. The quantitative estimate of drug-likeness (QED) is 0.728. The summed E-state index contributed by atoms with van der Waals surface area (Å²) in [5, 5.41) is 0. The lowest BCUT2D eigenvalue weighted by Crippen LogP contribution is -2.36. The highest BCUT2D eigenvalue weighted by Gasteiger charge is 2.38. The molecule has 0 spiro atoms. The molecule has 4 nitrogen and oxygen atoms in total. The molecule has 0 aliphatic carbocycles. The molecular weight excluding hydrogens is 316 g/mol. The van der Waals surface area contributed by atoms with E-state index in [0.29, 0.717) is 26.4 Å². The molecule has 0 amide bonds. The van der Waals surface area contributed by atoms with Crippen molar-refractivity contribution < 1.29 is 18.9 Å². The summed E-state index contributed by atoms with van der Waals surface area (Å²) < 4.78 is 23.7. The third kappa shape index (κ3) is 5.65. The molecule has 1 heterocycles. The number of hydrogen-bond donors (Lipinski definition) is 0. The predicted octanol–water partition coefficient (Wildman–Crippen LogP) is 3.94. The van der Waals surface area contributed by atoms with Crippen LogP contribution >= 0.6 is 0 Å². The fraction of sp³-hybridized carbons (Fsp3) is 0.429. The predicted molar refractivity (Wildman–Crippen MR) is 96.0 cm³/mol.